The highest BCUT2D eigenvalue weighted by molar-refractivity contribution is 5.91. The number of hydrogen-bond donors (Lipinski definition) is 2. The predicted molar refractivity (Wildman–Crippen MR) is 88.7 cm³/mol. The molecule has 0 radical (unpaired) electrons. The molecule has 1 saturated heterocycles. The third-order valence-corrected chi connectivity index (χ3v) is 3.57. The monoisotopic (exact) mass is 322 g/mol. The fraction of sp³-hybridized carbons (Fsp3) is 0.667. The van der Waals surface area contributed by atoms with Crippen LogP contribution in [-0.2, 0) is 4.74 Å². The number of nitrogens with zero attached hydrogens (tertiary/aromatic N) is 4. The van der Waals surface area contributed by atoms with Gasteiger partial charge in [0.2, 0.25) is 0 Å². The fourth-order valence-electron chi connectivity index (χ4n) is 2.19. The Morgan fingerprint density at radius 3 is 2.70 bits per heavy atom. The maximum Gasteiger partial charge on any atom is 0.271 e. The Bertz CT molecular complexity index is 473. The van der Waals surface area contributed by atoms with Crippen molar-refractivity contribution in [3.63, 3.8) is 0 Å². The fourth-order valence-corrected chi connectivity index (χ4v) is 2.19. The minimum Gasteiger partial charge on any atom is -0.379 e. The predicted octanol–water partition coefficient (Wildman–Crippen LogP) is -0.488. The quantitative estimate of drug-likeness (QED) is 0.668. The molecule has 2 rings (SSSR count). The molecular weight excluding hydrogens is 296 g/mol. The first-order chi connectivity index (χ1) is 11.1. The summed E-state index contributed by atoms with van der Waals surface area (Å²) in [5.41, 5.74) is 0.338. The van der Waals surface area contributed by atoms with Crippen LogP contribution in [0.25, 0.3) is 0 Å². The molecule has 0 aromatic carbocycles. The highest BCUT2D eigenvalue weighted by atomic mass is 16.5. The van der Waals surface area contributed by atoms with Crippen molar-refractivity contribution in [2.24, 2.45) is 0 Å². The van der Waals surface area contributed by atoms with Gasteiger partial charge in [-0.1, -0.05) is 0 Å². The summed E-state index contributed by atoms with van der Waals surface area (Å²) in [6.45, 7) is 6.49. The van der Waals surface area contributed by atoms with Crippen LogP contribution < -0.4 is 10.6 Å². The highest BCUT2D eigenvalue weighted by Gasteiger charge is 2.11. The van der Waals surface area contributed by atoms with Crippen molar-refractivity contribution < 1.29 is 9.53 Å². The van der Waals surface area contributed by atoms with Gasteiger partial charge in [0, 0.05) is 39.3 Å². The summed E-state index contributed by atoms with van der Waals surface area (Å²) in [4.78, 5) is 24.7. The molecular formula is C15H26N6O2. The van der Waals surface area contributed by atoms with Crippen LogP contribution in [0.2, 0.25) is 0 Å². The lowest BCUT2D eigenvalue weighted by atomic mass is 10.4. The van der Waals surface area contributed by atoms with E-state index in [2.05, 4.69) is 30.4 Å². The van der Waals surface area contributed by atoms with Crippen LogP contribution in [0.4, 0.5) is 5.82 Å². The molecule has 0 saturated carbocycles. The van der Waals surface area contributed by atoms with Gasteiger partial charge in [-0.3, -0.25) is 9.69 Å². The van der Waals surface area contributed by atoms with Crippen LogP contribution in [0.15, 0.2) is 12.4 Å². The van der Waals surface area contributed by atoms with E-state index in [9.17, 15) is 4.79 Å². The lowest BCUT2D eigenvalue weighted by Crippen LogP contribution is -2.41. The molecule has 128 valence electrons. The smallest absolute Gasteiger partial charge is 0.271 e. The van der Waals surface area contributed by atoms with E-state index in [0.717, 1.165) is 45.9 Å². The first-order valence-corrected chi connectivity index (χ1v) is 7.94. The molecule has 8 heteroatoms. The Hall–Kier alpha value is -1.77. The Morgan fingerprint density at radius 2 is 2.04 bits per heavy atom. The summed E-state index contributed by atoms with van der Waals surface area (Å²) in [6, 6.07) is 0. The lowest BCUT2D eigenvalue weighted by molar-refractivity contribution is 0.0383. The number of likely N-dealkylation sites (N-methyl/N-ethyl adjacent to an activating group) is 1. The Balaban J connectivity index is 1.69. The zero-order valence-corrected chi connectivity index (χ0v) is 13.9. The molecule has 1 fully saturated rings. The van der Waals surface area contributed by atoms with E-state index in [4.69, 9.17) is 4.74 Å². The molecule has 1 aliphatic heterocycles. The molecule has 1 amide bonds. The number of rotatable bonds is 8. The van der Waals surface area contributed by atoms with Gasteiger partial charge >= 0.3 is 0 Å². The van der Waals surface area contributed by atoms with Crippen molar-refractivity contribution in [3.05, 3.63) is 18.1 Å². The third kappa shape index (κ3) is 6.47. The van der Waals surface area contributed by atoms with Crippen molar-refractivity contribution in [2.75, 3.05) is 71.9 Å². The zero-order chi connectivity index (χ0) is 16.5. The summed E-state index contributed by atoms with van der Waals surface area (Å²) in [5, 5.41) is 6.04. The van der Waals surface area contributed by atoms with Crippen molar-refractivity contribution in [1.29, 1.82) is 0 Å². The summed E-state index contributed by atoms with van der Waals surface area (Å²) >= 11 is 0. The maximum absolute atomic E-state index is 12.0. The van der Waals surface area contributed by atoms with Gasteiger partial charge in [0.1, 0.15) is 11.5 Å². The molecule has 1 aliphatic rings. The van der Waals surface area contributed by atoms with Gasteiger partial charge in [0.05, 0.1) is 25.6 Å². The van der Waals surface area contributed by atoms with Crippen LogP contribution in [0.1, 0.15) is 10.5 Å². The number of nitrogens with one attached hydrogen (secondary N) is 2. The van der Waals surface area contributed by atoms with Gasteiger partial charge in [-0.25, -0.2) is 9.97 Å². The minimum absolute atomic E-state index is 0.189. The van der Waals surface area contributed by atoms with Crippen LogP contribution in [0.5, 0.6) is 0 Å². The molecule has 0 bridgehead atoms. The van der Waals surface area contributed by atoms with Gasteiger partial charge < -0.3 is 20.3 Å². The molecule has 0 spiro atoms. The van der Waals surface area contributed by atoms with Crippen LogP contribution >= 0.6 is 0 Å². The number of hydrogen-bond acceptors (Lipinski definition) is 7. The molecule has 8 nitrogen and oxygen atoms in total. The summed E-state index contributed by atoms with van der Waals surface area (Å²) in [7, 11) is 4.02. The second kappa shape index (κ2) is 9.39. The zero-order valence-electron chi connectivity index (χ0n) is 13.9. The van der Waals surface area contributed by atoms with E-state index in [1.807, 2.05) is 14.1 Å². The van der Waals surface area contributed by atoms with Gasteiger partial charge in [-0.05, 0) is 14.1 Å². The summed E-state index contributed by atoms with van der Waals surface area (Å²) in [5.74, 6) is 0.488. The average molecular weight is 322 g/mol. The van der Waals surface area contributed by atoms with Crippen molar-refractivity contribution in [1.82, 2.24) is 25.1 Å². The Labute approximate surface area is 137 Å². The molecule has 1 aromatic rings. The van der Waals surface area contributed by atoms with Gasteiger partial charge in [-0.2, -0.15) is 0 Å². The topological polar surface area (TPSA) is 82.6 Å². The number of carbonyl (C=O) groups excluding carboxylic acids is 1. The minimum atomic E-state index is -0.189. The SMILES string of the molecule is CN(C)CCNc1cnc(C(=O)NCCN2CCOCC2)cn1. The molecule has 0 atom stereocenters. The van der Waals surface area contributed by atoms with Gasteiger partial charge in [0.15, 0.2) is 0 Å². The third-order valence-electron chi connectivity index (χ3n) is 3.57. The van der Waals surface area contributed by atoms with Crippen LogP contribution in [-0.4, -0.2) is 92.3 Å². The molecule has 23 heavy (non-hydrogen) atoms. The number of carbonyl (C=O) groups is 1. The average Bonchev–Trinajstić information content (AvgIpc) is 2.56. The van der Waals surface area contributed by atoms with E-state index in [-0.39, 0.29) is 5.91 Å². The van der Waals surface area contributed by atoms with Gasteiger partial charge in [0.25, 0.3) is 5.91 Å². The van der Waals surface area contributed by atoms with Gasteiger partial charge in [-0.15, -0.1) is 0 Å². The van der Waals surface area contributed by atoms with E-state index < -0.39 is 0 Å². The van der Waals surface area contributed by atoms with E-state index >= 15 is 0 Å². The second-order valence-electron chi connectivity index (χ2n) is 5.73. The molecule has 2 N–H and O–H groups in total. The molecule has 1 aromatic heterocycles. The largest absolute Gasteiger partial charge is 0.379 e. The standard InChI is InChI=1S/C15H26N6O2/c1-20(2)5-3-16-14-12-18-13(11-19-14)15(22)17-4-6-21-7-9-23-10-8-21/h11-12H,3-10H2,1-2H3,(H,16,19)(H,17,22). The van der Waals surface area contributed by atoms with E-state index in [0.29, 0.717) is 18.1 Å². The number of amides is 1. The number of anilines is 1. The second-order valence-corrected chi connectivity index (χ2v) is 5.73. The van der Waals surface area contributed by atoms with E-state index in [1.54, 1.807) is 6.20 Å². The summed E-state index contributed by atoms with van der Waals surface area (Å²) in [6.07, 6.45) is 3.09. The number of ether oxygens (including phenoxy) is 1. The van der Waals surface area contributed by atoms with Crippen molar-refractivity contribution in [2.45, 2.75) is 0 Å². The molecule has 0 unspecified atom stereocenters. The van der Waals surface area contributed by atoms with Crippen LogP contribution in [0.3, 0.4) is 0 Å². The Kier molecular flexibility index (Phi) is 7.18. The summed E-state index contributed by atoms with van der Waals surface area (Å²) < 4.78 is 5.29. The van der Waals surface area contributed by atoms with Crippen molar-refractivity contribution >= 4 is 11.7 Å². The molecule has 0 aliphatic carbocycles. The van der Waals surface area contributed by atoms with Crippen molar-refractivity contribution in [3.8, 4) is 0 Å². The Morgan fingerprint density at radius 1 is 1.26 bits per heavy atom. The normalized spacial score (nSPS) is 15.6. The lowest BCUT2D eigenvalue weighted by Gasteiger charge is -2.26. The maximum atomic E-state index is 12.0. The number of aromatic nitrogens is 2. The first kappa shape index (κ1) is 17.6. The van der Waals surface area contributed by atoms with E-state index in [1.165, 1.54) is 6.20 Å². The first-order valence-electron chi connectivity index (χ1n) is 7.94. The number of morpholine rings is 1. The highest BCUT2D eigenvalue weighted by Crippen LogP contribution is 2.01. The molecule has 2 heterocycles. The van der Waals surface area contributed by atoms with Crippen LogP contribution in [0, 0.1) is 0 Å².